The van der Waals surface area contributed by atoms with Crippen LogP contribution in [0, 0.1) is 0 Å². The molecule has 0 N–H and O–H groups in total. The summed E-state index contributed by atoms with van der Waals surface area (Å²) < 4.78 is 20.5. The molecule has 0 amide bonds. The first-order chi connectivity index (χ1) is 5.11. The Morgan fingerprint density at radius 1 is 1.38 bits per heavy atom. The molecule has 0 saturated heterocycles. The zero-order valence-corrected chi connectivity index (χ0v) is 12.7. The van der Waals surface area contributed by atoms with Crippen LogP contribution in [-0.4, -0.2) is 14.7 Å². The van der Waals surface area contributed by atoms with Crippen molar-refractivity contribution in [2.45, 2.75) is 4.21 Å². The van der Waals surface area contributed by atoms with Crippen LogP contribution in [0.3, 0.4) is 0 Å². The third-order valence-corrected chi connectivity index (χ3v) is 2.93. The number of hydrogen-bond acceptors (Lipinski definition) is 5. The van der Waals surface area contributed by atoms with Gasteiger partial charge in [0.15, 0.2) is 0 Å². The van der Waals surface area contributed by atoms with Gasteiger partial charge < -0.3 is 14.5 Å². The van der Waals surface area contributed by atoms with Crippen molar-refractivity contribution < 1.29 is 77.8 Å². The van der Waals surface area contributed by atoms with Gasteiger partial charge >= 0.3 is 59.1 Å². The zero-order chi connectivity index (χ0) is 8.43. The van der Waals surface area contributed by atoms with Crippen LogP contribution in [0.2, 0.25) is 0 Å². The predicted octanol–water partition coefficient (Wildman–Crippen LogP) is -6.64. The van der Waals surface area contributed by atoms with Gasteiger partial charge in [-0.05, 0) is 23.2 Å². The summed E-state index contributed by atoms with van der Waals surface area (Å²) in [6.45, 7) is 0. The molecule has 0 aliphatic rings. The number of rotatable bonds is 2. The summed E-state index contributed by atoms with van der Waals surface area (Å²) in [4.78, 5) is 10.1. The molecule has 1 aromatic rings. The Balaban J connectivity index is 0. The third kappa shape index (κ3) is 5.06. The van der Waals surface area contributed by atoms with Crippen LogP contribution >= 0.6 is 11.3 Å². The first kappa shape index (κ1) is 16.7. The van der Waals surface area contributed by atoms with E-state index in [0.29, 0.717) is 11.3 Å². The average Bonchev–Trinajstić information content (AvgIpc) is 2.33. The van der Waals surface area contributed by atoms with Crippen molar-refractivity contribution >= 4 is 28.4 Å². The van der Waals surface area contributed by atoms with Gasteiger partial charge in [-0.15, -0.1) is 11.3 Å². The largest absolute Gasteiger partial charge is 1.00 e. The van der Waals surface area contributed by atoms with E-state index in [2.05, 4.69) is 0 Å². The second-order valence-corrected chi connectivity index (χ2v) is 3.89. The van der Waals surface area contributed by atoms with Gasteiger partial charge in [0.25, 0.3) is 0 Å². The monoisotopic (exact) mass is 236 g/mol. The van der Waals surface area contributed by atoms with Gasteiger partial charge in [0, 0.05) is 0 Å². The molecular formula is C5H2Na2O4S2. The molecule has 0 saturated carbocycles. The van der Waals surface area contributed by atoms with Gasteiger partial charge in [0.1, 0.15) is 0 Å². The Morgan fingerprint density at radius 2 is 1.92 bits per heavy atom. The molecule has 0 aliphatic carbocycles. The summed E-state index contributed by atoms with van der Waals surface area (Å²) >= 11 is -1.67. The normalized spacial score (nSPS) is 10.8. The summed E-state index contributed by atoms with van der Waals surface area (Å²) in [5.41, 5.74) is 0. The first-order valence-electron chi connectivity index (χ1n) is 2.51. The van der Waals surface area contributed by atoms with Gasteiger partial charge in [-0.3, -0.25) is 4.21 Å². The quantitative estimate of drug-likeness (QED) is 0.377. The van der Waals surface area contributed by atoms with Crippen molar-refractivity contribution in [1.29, 1.82) is 0 Å². The van der Waals surface area contributed by atoms with E-state index in [9.17, 15) is 18.7 Å². The molecule has 8 heteroatoms. The Labute approximate surface area is 126 Å². The molecule has 0 aromatic carbocycles. The van der Waals surface area contributed by atoms with Crippen LogP contribution < -0.4 is 64.2 Å². The van der Waals surface area contributed by atoms with E-state index in [1.807, 2.05) is 0 Å². The fourth-order valence-electron chi connectivity index (χ4n) is 0.519. The molecule has 13 heavy (non-hydrogen) atoms. The summed E-state index contributed by atoms with van der Waals surface area (Å²) in [5.74, 6) is -1.35. The van der Waals surface area contributed by atoms with E-state index in [0.717, 1.165) is 0 Å². The van der Waals surface area contributed by atoms with Crippen molar-refractivity contribution in [3.05, 3.63) is 17.0 Å². The molecule has 1 unspecified atom stereocenters. The van der Waals surface area contributed by atoms with Crippen LogP contribution in [0.25, 0.3) is 0 Å². The van der Waals surface area contributed by atoms with Crippen molar-refractivity contribution in [3.63, 3.8) is 0 Å². The molecule has 1 aromatic heterocycles. The molecule has 4 nitrogen and oxygen atoms in total. The summed E-state index contributed by atoms with van der Waals surface area (Å²) in [7, 11) is 0. The molecular weight excluding hydrogens is 234 g/mol. The minimum absolute atomic E-state index is 0. The van der Waals surface area contributed by atoms with Crippen molar-refractivity contribution in [2.75, 3.05) is 0 Å². The van der Waals surface area contributed by atoms with Crippen molar-refractivity contribution in [3.8, 4) is 0 Å². The number of carboxylic acid groups (broad SMARTS) is 1. The Morgan fingerprint density at radius 3 is 2.15 bits per heavy atom. The molecule has 1 atom stereocenters. The van der Waals surface area contributed by atoms with E-state index < -0.39 is 17.0 Å². The molecule has 1 heterocycles. The van der Waals surface area contributed by atoms with Crippen molar-refractivity contribution in [2.24, 2.45) is 0 Å². The standard InChI is InChI=1S/C5H4O4S2.2Na/c6-5(7)3-1-2-4(10-3)11(8)9;;/h1-2H,(H,6,7)(H,8,9);;/q;2*+1/p-2. The Kier molecular flexibility index (Phi) is 9.71. The van der Waals surface area contributed by atoms with Crippen LogP contribution in [0.4, 0.5) is 0 Å². The number of thiophene rings is 1. The van der Waals surface area contributed by atoms with Gasteiger partial charge in [-0.1, -0.05) is 0 Å². The molecule has 0 fully saturated rings. The van der Waals surface area contributed by atoms with Crippen LogP contribution in [0.1, 0.15) is 9.67 Å². The number of hydrogen-bond donors (Lipinski definition) is 0. The molecule has 0 radical (unpaired) electrons. The first-order valence-corrected chi connectivity index (χ1v) is 4.41. The maximum absolute atomic E-state index is 10.2. The summed E-state index contributed by atoms with van der Waals surface area (Å²) in [5, 5.41) is 10.1. The van der Waals surface area contributed by atoms with Crippen LogP contribution in [0.15, 0.2) is 16.3 Å². The van der Waals surface area contributed by atoms with E-state index in [4.69, 9.17) is 0 Å². The van der Waals surface area contributed by atoms with E-state index in [1.54, 1.807) is 0 Å². The zero-order valence-electron chi connectivity index (χ0n) is 7.10. The Hall–Kier alpha value is 1.28. The van der Waals surface area contributed by atoms with Crippen molar-refractivity contribution in [1.82, 2.24) is 0 Å². The maximum Gasteiger partial charge on any atom is 1.00 e. The smallest absolute Gasteiger partial charge is 0.768 e. The summed E-state index contributed by atoms with van der Waals surface area (Å²) in [6.07, 6.45) is 0. The fourth-order valence-corrected chi connectivity index (χ4v) is 1.81. The number of carbonyl (C=O) groups excluding carboxylic acids is 1. The molecule has 0 bridgehead atoms. The van der Waals surface area contributed by atoms with E-state index in [1.165, 1.54) is 12.1 Å². The SMILES string of the molecule is O=C([O-])c1ccc(S(=O)[O-])s1.[Na+].[Na+]. The van der Waals surface area contributed by atoms with Crippen LogP contribution in [-0.2, 0) is 11.1 Å². The number of aromatic carboxylic acids is 1. The topological polar surface area (TPSA) is 80.3 Å². The summed E-state index contributed by atoms with van der Waals surface area (Å²) in [6, 6.07) is 2.42. The molecule has 0 spiro atoms. The van der Waals surface area contributed by atoms with Gasteiger partial charge in [0.2, 0.25) is 0 Å². The Bertz CT molecular complexity index is 283. The maximum atomic E-state index is 10.2. The van der Waals surface area contributed by atoms with Crippen LogP contribution in [0.5, 0.6) is 0 Å². The van der Waals surface area contributed by atoms with E-state index in [-0.39, 0.29) is 68.2 Å². The molecule has 1 rings (SSSR count). The average molecular weight is 236 g/mol. The van der Waals surface area contributed by atoms with Gasteiger partial charge in [-0.25, -0.2) is 0 Å². The predicted molar refractivity (Wildman–Crippen MR) is 35.8 cm³/mol. The second kappa shape index (κ2) is 7.56. The fraction of sp³-hybridized carbons (Fsp3) is 0. The molecule has 60 valence electrons. The number of carboxylic acids is 1. The van der Waals surface area contributed by atoms with E-state index >= 15 is 0 Å². The van der Waals surface area contributed by atoms with Gasteiger partial charge in [-0.2, -0.15) is 0 Å². The van der Waals surface area contributed by atoms with Gasteiger partial charge in [0.05, 0.1) is 15.1 Å². The number of carbonyl (C=O) groups is 1. The molecule has 0 aliphatic heterocycles. The minimum atomic E-state index is -2.35. The second-order valence-electron chi connectivity index (χ2n) is 1.64. The third-order valence-electron chi connectivity index (χ3n) is 0.947. The minimum Gasteiger partial charge on any atom is -0.768 e.